The predicted octanol–water partition coefficient (Wildman–Crippen LogP) is 2.88. The smallest absolute Gasteiger partial charge is 0.191 e. The maximum absolute atomic E-state index is 6.44. The summed E-state index contributed by atoms with van der Waals surface area (Å²) >= 11 is 0. The van der Waals surface area contributed by atoms with E-state index >= 15 is 0 Å². The average molecular weight is 353 g/mol. The van der Waals surface area contributed by atoms with E-state index in [0.717, 1.165) is 44.1 Å². The first-order valence-electron chi connectivity index (χ1n) is 9.51. The Bertz CT molecular complexity index is 749. The molecule has 1 saturated carbocycles. The Morgan fingerprint density at radius 3 is 2.92 bits per heavy atom. The lowest BCUT2D eigenvalue weighted by Crippen LogP contribution is -2.47. The van der Waals surface area contributed by atoms with Gasteiger partial charge in [-0.3, -0.25) is 9.67 Å². The molecule has 6 heteroatoms. The zero-order chi connectivity index (χ0) is 17.8. The highest BCUT2D eigenvalue weighted by molar-refractivity contribution is 5.80. The number of aromatic nitrogens is 2. The van der Waals surface area contributed by atoms with E-state index in [1.54, 1.807) is 6.20 Å². The summed E-state index contributed by atoms with van der Waals surface area (Å²) in [4.78, 5) is 4.41. The quantitative estimate of drug-likeness (QED) is 0.655. The number of ether oxygens (including phenoxy) is 1. The third kappa shape index (κ3) is 3.54. The van der Waals surface area contributed by atoms with Gasteiger partial charge in [0, 0.05) is 38.0 Å². The van der Waals surface area contributed by atoms with Crippen LogP contribution in [0.2, 0.25) is 0 Å². The molecular weight excluding hydrogens is 326 g/mol. The zero-order valence-electron chi connectivity index (χ0n) is 15.3. The largest absolute Gasteiger partial charge is 0.487 e. The van der Waals surface area contributed by atoms with E-state index in [-0.39, 0.29) is 11.6 Å². The number of para-hydroxylation sites is 1. The number of hydrogen-bond donors (Lipinski definition) is 2. The average Bonchev–Trinajstić information content (AvgIpc) is 3.33. The molecule has 1 aromatic carbocycles. The van der Waals surface area contributed by atoms with Crippen LogP contribution in [-0.4, -0.2) is 34.9 Å². The van der Waals surface area contributed by atoms with Gasteiger partial charge in [-0.15, -0.1) is 0 Å². The lowest BCUT2D eigenvalue weighted by atomic mass is 9.86. The van der Waals surface area contributed by atoms with Gasteiger partial charge in [0.15, 0.2) is 5.96 Å². The molecule has 2 N–H and O–H groups in total. The number of hydrogen-bond acceptors (Lipinski definition) is 3. The number of fused-ring (bicyclic) bond motifs is 1. The van der Waals surface area contributed by atoms with Gasteiger partial charge in [-0.25, -0.2) is 0 Å². The summed E-state index contributed by atoms with van der Waals surface area (Å²) in [6.45, 7) is 1.58. The summed E-state index contributed by atoms with van der Waals surface area (Å²) in [5, 5.41) is 11.3. The van der Waals surface area contributed by atoms with Crippen LogP contribution in [0.3, 0.4) is 0 Å². The second-order valence-corrected chi connectivity index (χ2v) is 7.20. The van der Waals surface area contributed by atoms with Crippen LogP contribution in [0.1, 0.15) is 43.7 Å². The normalized spacial score (nSPS) is 21.3. The van der Waals surface area contributed by atoms with Crippen LogP contribution in [0.5, 0.6) is 5.75 Å². The molecule has 1 aliphatic carbocycles. The van der Waals surface area contributed by atoms with Gasteiger partial charge in [0.05, 0.1) is 12.6 Å². The molecule has 2 aliphatic rings. The third-order valence-corrected chi connectivity index (χ3v) is 5.44. The predicted molar refractivity (Wildman–Crippen MR) is 102 cm³/mol. The van der Waals surface area contributed by atoms with Crippen molar-refractivity contribution in [1.29, 1.82) is 0 Å². The summed E-state index contributed by atoms with van der Waals surface area (Å²) in [6.07, 6.45) is 9.56. The molecule has 138 valence electrons. The minimum Gasteiger partial charge on any atom is -0.487 e. The van der Waals surface area contributed by atoms with Gasteiger partial charge in [0.1, 0.15) is 11.4 Å². The van der Waals surface area contributed by atoms with Crippen LogP contribution in [-0.2, 0) is 6.54 Å². The van der Waals surface area contributed by atoms with Crippen molar-refractivity contribution in [2.24, 2.45) is 4.99 Å². The monoisotopic (exact) mass is 353 g/mol. The highest BCUT2D eigenvalue weighted by atomic mass is 16.5. The number of nitrogens with one attached hydrogen (secondary N) is 2. The molecule has 2 aromatic rings. The Morgan fingerprint density at radius 2 is 2.15 bits per heavy atom. The van der Waals surface area contributed by atoms with Crippen LogP contribution in [0, 0.1) is 0 Å². The van der Waals surface area contributed by atoms with Gasteiger partial charge in [-0.1, -0.05) is 18.2 Å². The van der Waals surface area contributed by atoms with Crippen LogP contribution in [0.4, 0.5) is 0 Å². The molecule has 0 amide bonds. The molecule has 6 nitrogen and oxygen atoms in total. The van der Waals surface area contributed by atoms with Crippen molar-refractivity contribution >= 4 is 5.96 Å². The number of guanidine groups is 1. The second-order valence-electron chi connectivity index (χ2n) is 7.20. The van der Waals surface area contributed by atoms with E-state index in [2.05, 4.69) is 45.0 Å². The number of benzene rings is 1. The Hall–Kier alpha value is -2.50. The fourth-order valence-corrected chi connectivity index (χ4v) is 4.15. The minimum absolute atomic E-state index is 0.0140. The first-order chi connectivity index (χ1) is 12.8. The van der Waals surface area contributed by atoms with Gasteiger partial charge in [0.2, 0.25) is 0 Å². The standard InChI is InChI=1S/C20H27N5O/c1-21-19(22-12-14-25-13-6-11-23-25)24-17-15-20(9-4-5-10-20)26-18-8-3-2-7-16(17)18/h2-3,6-8,11,13,17H,4-5,9-10,12,14-15H2,1H3,(H2,21,22,24). The molecule has 2 heterocycles. The van der Waals surface area contributed by atoms with Crippen LogP contribution in [0.25, 0.3) is 0 Å². The molecule has 1 atom stereocenters. The van der Waals surface area contributed by atoms with Gasteiger partial charge in [0.25, 0.3) is 0 Å². The first-order valence-corrected chi connectivity index (χ1v) is 9.51. The summed E-state index contributed by atoms with van der Waals surface area (Å²) in [5.41, 5.74) is 1.21. The van der Waals surface area contributed by atoms with Gasteiger partial charge < -0.3 is 15.4 Å². The summed E-state index contributed by atoms with van der Waals surface area (Å²) in [6, 6.07) is 10.5. The molecule has 1 aromatic heterocycles. The fourth-order valence-electron chi connectivity index (χ4n) is 4.15. The van der Waals surface area contributed by atoms with E-state index in [1.807, 2.05) is 24.0 Å². The zero-order valence-corrected chi connectivity index (χ0v) is 15.3. The first kappa shape index (κ1) is 16.9. The van der Waals surface area contributed by atoms with Crippen LogP contribution >= 0.6 is 0 Å². The summed E-state index contributed by atoms with van der Waals surface area (Å²) in [7, 11) is 1.82. The van der Waals surface area contributed by atoms with Crippen molar-refractivity contribution in [2.75, 3.05) is 13.6 Å². The lowest BCUT2D eigenvalue weighted by molar-refractivity contribution is 0.0396. The van der Waals surface area contributed by atoms with Gasteiger partial charge in [-0.2, -0.15) is 5.10 Å². The van der Waals surface area contributed by atoms with Crippen molar-refractivity contribution in [3.8, 4) is 5.75 Å². The Balaban J connectivity index is 1.44. The topological polar surface area (TPSA) is 63.5 Å². The molecule has 1 spiro atoms. The van der Waals surface area contributed by atoms with Crippen molar-refractivity contribution < 1.29 is 4.74 Å². The molecule has 0 saturated heterocycles. The Morgan fingerprint density at radius 1 is 1.31 bits per heavy atom. The fraction of sp³-hybridized carbons (Fsp3) is 0.500. The van der Waals surface area contributed by atoms with Gasteiger partial charge >= 0.3 is 0 Å². The van der Waals surface area contributed by atoms with E-state index in [9.17, 15) is 0 Å². The van der Waals surface area contributed by atoms with E-state index in [0.29, 0.717) is 0 Å². The van der Waals surface area contributed by atoms with E-state index in [4.69, 9.17) is 4.74 Å². The molecule has 4 rings (SSSR count). The highest BCUT2D eigenvalue weighted by Crippen LogP contribution is 2.46. The lowest BCUT2D eigenvalue weighted by Gasteiger charge is -2.40. The van der Waals surface area contributed by atoms with E-state index in [1.165, 1.54) is 18.4 Å². The van der Waals surface area contributed by atoms with Gasteiger partial charge in [-0.05, 0) is 37.8 Å². The number of nitrogens with zero attached hydrogens (tertiary/aromatic N) is 3. The SMILES string of the molecule is CN=C(NCCn1cccn1)NC1CC2(CCCC2)Oc2ccccc21. The molecule has 0 bridgehead atoms. The molecule has 26 heavy (non-hydrogen) atoms. The van der Waals surface area contributed by atoms with Crippen LogP contribution < -0.4 is 15.4 Å². The van der Waals surface area contributed by atoms with Crippen molar-refractivity contribution in [2.45, 2.75) is 50.3 Å². The Labute approximate surface area is 154 Å². The van der Waals surface area contributed by atoms with Crippen molar-refractivity contribution in [1.82, 2.24) is 20.4 Å². The number of aliphatic imine (C=N–C) groups is 1. The second kappa shape index (κ2) is 7.40. The maximum atomic E-state index is 6.44. The van der Waals surface area contributed by atoms with E-state index < -0.39 is 0 Å². The number of rotatable bonds is 4. The molecule has 0 radical (unpaired) electrons. The molecule has 1 aliphatic heterocycles. The van der Waals surface area contributed by atoms with Crippen LogP contribution in [0.15, 0.2) is 47.7 Å². The summed E-state index contributed by atoms with van der Waals surface area (Å²) in [5.74, 6) is 1.84. The molecule has 1 unspecified atom stereocenters. The third-order valence-electron chi connectivity index (χ3n) is 5.44. The maximum Gasteiger partial charge on any atom is 0.191 e. The molecular formula is C20H27N5O. The summed E-state index contributed by atoms with van der Waals surface area (Å²) < 4.78 is 8.36. The Kier molecular flexibility index (Phi) is 4.82. The molecule has 1 fully saturated rings. The highest BCUT2D eigenvalue weighted by Gasteiger charge is 2.43. The minimum atomic E-state index is -0.0140. The van der Waals surface area contributed by atoms with Crippen molar-refractivity contribution in [3.63, 3.8) is 0 Å². The van der Waals surface area contributed by atoms with Crippen molar-refractivity contribution in [3.05, 3.63) is 48.3 Å².